The summed E-state index contributed by atoms with van der Waals surface area (Å²) in [5, 5.41) is 0.766. The highest BCUT2D eigenvalue weighted by atomic mass is 32.2. The fourth-order valence-electron chi connectivity index (χ4n) is 4.35. The van der Waals surface area contributed by atoms with E-state index >= 15 is 0 Å². The van der Waals surface area contributed by atoms with Crippen LogP contribution < -0.4 is 9.64 Å². The largest absolute Gasteiger partial charge is 0.491 e. The number of aryl methyl sites for hydroxylation is 1. The van der Waals surface area contributed by atoms with E-state index in [2.05, 4.69) is 38.8 Å². The van der Waals surface area contributed by atoms with Crippen molar-refractivity contribution in [3.63, 3.8) is 0 Å². The number of nitrogens with zero attached hydrogens (tertiary/aromatic N) is 3. The topological polar surface area (TPSA) is 117 Å². The zero-order valence-corrected chi connectivity index (χ0v) is 31.3. The molecule has 0 fully saturated rings. The van der Waals surface area contributed by atoms with E-state index in [-0.39, 0.29) is 23.1 Å². The summed E-state index contributed by atoms with van der Waals surface area (Å²) in [5.74, 6) is 1.06. The van der Waals surface area contributed by atoms with E-state index < -0.39 is 36.2 Å². The van der Waals surface area contributed by atoms with Gasteiger partial charge in [-0.25, -0.2) is 14.8 Å². The predicted molar refractivity (Wildman–Crippen MR) is 191 cm³/mol. The number of pyridine rings is 2. The van der Waals surface area contributed by atoms with Crippen molar-refractivity contribution < 1.29 is 31.3 Å². The second kappa shape index (κ2) is 14.3. The zero-order valence-electron chi connectivity index (χ0n) is 29.5. The molecule has 0 aliphatic heterocycles. The van der Waals surface area contributed by atoms with Gasteiger partial charge < -0.3 is 13.9 Å². The molecule has 1 amide bonds. The van der Waals surface area contributed by atoms with Gasteiger partial charge in [0, 0.05) is 24.2 Å². The molecule has 0 N–H and O–H groups in total. The molecule has 2 aromatic carbocycles. The molecule has 2 aromatic heterocycles. The Hall–Kier alpha value is -3.84. The standard InChI is InChI=1S/C36H47N3O7SSi/c1-25-11-16-30(17-12-25)47(41,42)44-24-29(46-48(9,10)36(5,6)7)23-43-28-15-19-31-26(21-28)13-18-32(38-31)27-14-20-33(37-22-27)39(8)34(40)45-35(2,3)4/h11-22,29H,23-24H2,1-10H3/t29-/m0/s1. The van der Waals surface area contributed by atoms with Crippen molar-refractivity contribution in [2.45, 2.75) is 83.2 Å². The number of carbonyl (C=O) groups is 1. The number of fused-ring (bicyclic) bond motifs is 1. The molecule has 0 aliphatic carbocycles. The number of benzene rings is 2. The molecule has 258 valence electrons. The van der Waals surface area contributed by atoms with E-state index in [1.165, 1.54) is 17.0 Å². The first kappa shape index (κ1) is 37.0. The summed E-state index contributed by atoms with van der Waals surface area (Å²) in [6, 6.07) is 19.6. The summed E-state index contributed by atoms with van der Waals surface area (Å²) in [4.78, 5) is 23.1. The number of carbonyl (C=O) groups excluding carboxylic acids is 1. The van der Waals surface area contributed by atoms with Crippen LogP contribution in [0.3, 0.4) is 0 Å². The van der Waals surface area contributed by atoms with E-state index in [0.29, 0.717) is 11.6 Å². The molecule has 1 atom stereocenters. The Labute approximate surface area is 285 Å². The van der Waals surface area contributed by atoms with Crippen molar-refractivity contribution in [3.8, 4) is 17.0 Å². The maximum absolute atomic E-state index is 12.9. The van der Waals surface area contributed by atoms with Gasteiger partial charge in [-0.2, -0.15) is 8.42 Å². The summed E-state index contributed by atoms with van der Waals surface area (Å²) in [6.07, 6.45) is 0.570. The molecular formula is C36H47N3O7SSi. The SMILES string of the molecule is Cc1ccc(S(=O)(=O)OC[C@H](COc2ccc3nc(-c4ccc(N(C)C(=O)OC(C)(C)C)nc4)ccc3c2)O[Si](C)(C)C(C)(C)C)cc1. The second-order valence-electron chi connectivity index (χ2n) is 14.4. The molecule has 0 saturated heterocycles. The lowest BCUT2D eigenvalue weighted by Gasteiger charge is -2.39. The van der Waals surface area contributed by atoms with Crippen LogP contribution in [0.15, 0.2) is 77.8 Å². The summed E-state index contributed by atoms with van der Waals surface area (Å²) in [7, 11) is -4.65. The fourth-order valence-corrected chi connectivity index (χ4v) is 6.61. The molecule has 10 nitrogen and oxygen atoms in total. The monoisotopic (exact) mass is 693 g/mol. The average molecular weight is 694 g/mol. The summed E-state index contributed by atoms with van der Waals surface area (Å²) < 4.78 is 49.5. The van der Waals surface area contributed by atoms with Gasteiger partial charge in [0.1, 0.15) is 29.9 Å². The number of amides is 1. The van der Waals surface area contributed by atoms with Crippen LogP contribution in [-0.2, 0) is 23.5 Å². The fraction of sp³-hybridized carbons (Fsp3) is 0.417. The molecule has 2 heterocycles. The van der Waals surface area contributed by atoms with Crippen LogP contribution in [0, 0.1) is 6.92 Å². The van der Waals surface area contributed by atoms with Gasteiger partial charge in [0.05, 0.1) is 22.7 Å². The molecular weight excluding hydrogens is 647 g/mol. The van der Waals surface area contributed by atoms with Crippen molar-refractivity contribution in [1.29, 1.82) is 0 Å². The number of rotatable bonds is 11. The Morgan fingerprint density at radius 2 is 1.60 bits per heavy atom. The molecule has 4 rings (SSSR count). The third-order valence-corrected chi connectivity index (χ3v) is 14.0. The lowest BCUT2D eigenvalue weighted by atomic mass is 10.1. The quantitative estimate of drug-likeness (QED) is 0.113. The van der Waals surface area contributed by atoms with Crippen LogP contribution in [0.4, 0.5) is 10.6 Å². The Morgan fingerprint density at radius 3 is 2.21 bits per heavy atom. The Bertz CT molecular complexity index is 1830. The zero-order chi connectivity index (χ0) is 35.5. The summed E-state index contributed by atoms with van der Waals surface area (Å²) in [5.41, 5.74) is 2.63. The molecule has 48 heavy (non-hydrogen) atoms. The van der Waals surface area contributed by atoms with Gasteiger partial charge in [0.25, 0.3) is 10.1 Å². The van der Waals surface area contributed by atoms with E-state index in [4.69, 9.17) is 23.1 Å². The van der Waals surface area contributed by atoms with Crippen molar-refractivity contribution in [2.75, 3.05) is 25.2 Å². The number of hydrogen-bond acceptors (Lipinski definition) is 9. The van der Waals surface area contributed by atoms with E-state index in [9.17, 15) is 13.2 Å². The molecule has 0 saturated carbocycles. The first-order chi connectivity index (χ1) is 22.2. The highest BCUT2D eigenvalue weighted by Gasteiger charge is 2.40. The summed E-state index contributed by atoms with van der Waals surface area (Å²) >= 11 is 0. The Morgan fingerprint density at radius 1 is 0.917 bits per heavy atom. The lowest BCUT2D eigenvalue weighted by Crippen LogP contribution is -2.46. The second-order valence-corrected chi connectivity index (χ2v) is 20.7. The number of anilines is 1. The van der Waals surface area contributed by atoms with Gasteiger partial charge >= 0.3 is 6.09 Å². The van der Waals surface area contributed by atoms with Crippen LogP contribution in [0.1, 0.15) is 47.1 Å². The maximum Gasteiger partial charge on any atom is 0.415 e. The Kier molecular flexibility index (Phi) is 11.0. The Balaban J connectivity index is 1.47. The molecule has 0 radical (unpaired) electrons. The van der Waals surface area contributed by atoms with Crippen molar-refractivity contribution in [1.82, 2.24) is 9.97 Å². The maximum atomic E-state index is 12.9. The van der Waals surface area contributed by atoms with Gasteiger partial charge in [0.15, 0.2) is 8.32 Å². The smallest absolute Gasteiger partial charge is 0.415 e. The highest BCUT2D eigenvalue weighted by molar-refractivity contribution is 7.86. The number of hydrogen-bond donors (Lipinski definition) is 0. The predicted octanol–water partition coefficient (Wildman–Crippen LogP) is 8.15. The van der Waals surface area contributed by atoms with E-state index in [0.717, 1.165) is 27.7 Å². The van der Waals surface area contributed by atoms with Gasteiger partial charge in [-0.1, -0.05) is 44.5 Å². The van der Waals surface area contributed by atoms with Gasteiger partial charge in [-0.15, -0.1) is 0 Å². The van der Waals surface area contributed by atoms with Crippen molar-refractivity contribution in [3.05, 3.63) is 78.5 Å². The molecule has 12 heteroatoms. The van der Waals surface area contributed by atoms with Crippen molar-refractivity contribution in [2.24, 2.45) is 0 Å². The minimum Gasteiger partial charge on any atom is -0.491 e. The average Bonchev–Trinajstić information content (AvgIpc) is 3.00. The van der Waals surface area contributed by atoms with Gasteiger partial charge in [-0.3, -0.25) is 9.08 Å². The van der Waals surface area contributed by atoms with Crippen LogP contribution in [-0.4, -0.2) is 64.8 Å². The molecule has 0 unspecified atom stereocenters. The minimum absolute atomic E-state index is 0.0985. The van der Waals surface area contributed by atoms with Crippen LogP contribution >= 0.6 is 0 Å². The molecule has 0 spiro atoms. The van der Waals surface area contributed by atoms with Gasteiger partial charge in [0.2, 0.25) is 0 Å². The minimum atomic E-state index is -3.98. The number of ether oxygens (including phenoxy) is 2. The van der Waals surface area contributed by atoms with Crippen LogP contribution in [0.25, 0.3) is 22.2 Å². The first-order valence-electron chi connectivity index (χ1n) is 15.8. The molecule has 4 aromatic rings. The van der Waals surface area contributed by atoms with E-state index in [1.54, 1.807) is 31.4 Å². The van der Waals surface area contributed by atoms with Crippen LogP contribution in [0.2, 0.25) is 18.1 Å². The highest BCUT2D eigenvalue weighted by Crippen LogP contribution is 2.37. The first-order valence-corrected chi connectivity index (χ1v) is 20.2. The van der Waals surface area contributed by atoms with Gasteiger partial charge in [-0.05, 0) is 94.4 Å². The molecule has 0 aliphatic rings. The molecule has 0 bridgehead atoms. The normalized spacial score (nSPS) is 13.3. The van der Waals surface area contributed by atoms with Crippen molar-refractivity contribution >= 4 is 41.2 Å². The van der Waals surface area contributed by atoms with E-state index in [1.807, 2.05) is 64.1 Å². The van der Waals surface area contributed by atoms with Crippen LogP contribution in [0.5, 0.6) is 5.75 Å². The summed E-state index contributed by atoms with van der Waals surface area (Å²) in [6.45, 7) is 17.8. The lowest BCUT2D eigenvalue weighted by molar-refractivity contribution is 0.0588. The third-order valence-electron chi connectivity index (χ3n) is 8.14. The third kappa shape index (κ3) is 9.62. The number of aromatic nitrogens is 2.